The van der Waals surface area contributed by atoms with Crippen LogP contribution >= 0.6 is 0 Å². The average molecular weight is 725 g/mol. The molecule has 11 nitrogen and oxygen atoms in total. The first-order chi connectivity index (χ1) is 25.5. The first-order valence-electron chi connectivity index (χ1n) is 19.3. The average Bonchev–Trinajstić information content (AvgIpc) is 3.82. The third kappa shape index (κ3) is 4.60. The van der Waals surface area contributed by atoms with Crippen molar-refractivity contribution in [1.82, 2.24) is 14.8 Å². The van der Waals surface area contributed by atoms with Crippen LogP contribution in [0.25, 0.3) is 10.9 Å². The highest BCUT2D eigenvalue weighted by atomic mass is 16.5. The molecule has 3 N–H and O–H groups in total. The number of nitrogens with zero attached hydrogens (tertiary/aromatic N) is 3. The molecule has 1 unspecified atom stereocenters. The number of benzene rings is 2. The van der Waals surface area contributed by atoms with E-state index in [0.717, 1.165) is 66.0 Å². The van der Waals surface area contributed by atoms with Crippen LogP contribution in [0.2, 0.25) is 0 Å². The molecule has 5 aliphatic heterocycles. The molecule has 9 atom stereocenters. The molecule has 6 aliphatic rings. The number of hydrogen-bond acceptors (Lipinski definition) is 10. The van der Waals surface area contributed by atoms with Gasteiger partial charge in [0.25, 0.3) is 0 Å². The number of piperidine rings is 1. The first-order valence-corrected chi connectivity index (χ1v) is 19.3. The lowest BCUT2D eigenvalue weighted by Gasteiger charge is -2.55. The number of rotatable bonds is 5. The van der Waals surface area contributed by atoms with E-state index in [-0.39, 0.29) is 30.3 Å². The highest BCUT2D eigenvalue weighted by Crippen LogP contribution is 2.64. The highest BCUT2D eigenvalue weighted by molar-refractivity contribution is 5.94. The van der Waals surface area contributed by atoms with Gasteiger partial charge in [-0.3, -0.25) is 14.6 Å². The predicted molar refractivity (Wildman–Crippen MR) is 200 cm³/mol. The number of fused-ring (bicyclic) bond motifs is 6. The van der Waals surface area contributed by atoms with Crippen LogP contribution in [-0.2, 0) is 36.3 Å². The molecule has 1 aromatic heterocycles. The van der Waals surface area contributed by atoms with Crippen molar-refractivity contribution >= 4 is 28.5 Å². The molecule has 3 aromatic rings. The van der Waals surface area contributed by atoms with E-state index in [0.29, 0.717) is 43.5 Å². The summed E-state index contributed by atoms with van der Waals surface area (Å²) in [5, 5.41) is 25.6. The number of hydrogen-bond donors (Lipinski definition) is 3. The van der Waals surface area contributed by atoms with Crippen LogP contribution in [0.4, 0.5) is 5.69 Å². The molecule has 11 heteroatoms. The van der Waals surface area contributed by atoms with Crippen molar-refractivity contribution < 1.29 is 34.0 Å². The molecule has 9 rings (SSSR count). The SMILES string of the molecule is CC[C@@]1(O)C[C@@H]2CN(CCc3c([nH]c4ccccc34)[C@@](C(=O)OC)(c3cc4c(cc3OC)N(C)[C@@H]3[C@]45CCN4CC=C[C@@H](C[C@]3(O)C(=O)OC)[C@H]45)C2)C1. The Balaban J connectivity index is 1.34. The fraction of sp³-hybridized carbons (Fsp3) is 0.571. The summed E-state index contributed by atoms with van der Waals surface area (Å²) >= 11 is 0. The van der Waals surface area contributed by atoms with Crippen molar-refractivity contribution in [1.29, 1.82) is 0 Å². The lowest BCUT2D eigenvalue weighted by Crippen LogP contribution is -2.71. The summed E-state index contributed by atoms with van der Waals surface area (Å²) in [5.41, 5.74) is 0.781. The largest absolute Gasteiger partial charge is 0.496 e. The number of likely N-dealkylation sites (N-methyl/N-ethyl adjacent to an activating group) is 1. The maximum Gasteiger partial charge on any atom is 0.340 e. The van der Waals surface area contributed by atoms with Crippen molar-refractivity contribution in [2.75, 3.05) is 66.0 Å². The summed E-state index contributed by atoms with van der Waals surface area (Å²) in [4.78, 5) is 39.6. The quantitative estimate of drug-likeness (QED) is 0.265. The zero-order valence-electron chi connectivity index (χ0n) is 31.5. The van der Waals surface area contributed by atoms with Gasteiger partial charge in [-0.15, -0.1) is 0 Å². The van der Waals surface area contributed by atoms with Gasteiger partial charge in [0.2, 0.25) is 0 Å². The van der Waals surface area contributed by atoms with Crippen LogP contribution in [0.5, 0.6) is 5.75 Å². The molecule has 0 amide bonds. The van der Waals surface area contributed by atoms with Crippen molar-refractivity contribution in [2.24, 2.45) is 11.8 Å². The summed E-state index contributed by atoms with van der Waals surface area (Å²) in [6, 6.07) is 11.9. The topological polar surface area (TPSA) is 128 Å². The lowest BCUT2D eigenvalue weighted by atomic mass is 9.55. The molecule has 2 bridgehead atoms. The van der Waals surface area contributed by atoms with E-state index >= 15 is 4.79 Å². The van der Waals surface area contributed by atoms with E-state index < -0.39 is 34.0 Å². The monoisotopic (exact) mass is 724 g/mol. The lowest BCUT2D eigenvalue weighted by molar-refractivity contribution is -0.174. The second-order valence-corrected chi connectivity index (χ2v) is 16.8. The molecule has 3 fully saturated rings. The van der Waals surface area contributed by atoms with Gasteiger partial charge in [0, 0.05) is 78.6 Å². The third-order valence-electron chi connectivity index (χ3n) is 14.3. The summed E-state index contributed by atoms with van der Waals surface area (Å²) in [7, 11) is 6.41. The van der Waals surface area contributed by atoms with E-state index in [1.165, 1.54) is 14.2 Å². The number of anilines is 1. The maximum atomic E-state index is 15.1. The van der Waals surface area contributed by atoms with E-state index in [9.17, 15) is 15.0 Å². The van der Waals surface area contributed by atoms with Crippen molar-refractivity contribution in [3.05, 3.63) is 70.9 Å². The van der Waals surface area contributed by atoms with Crippen LogP contribution in [0, 0.1) is 11.8 Å². The number of carbonyl (C=O) groups is 2. The Hall–Kier alpha value is -3.90. The van der Waals surface area contributed by atoms with Gasteiger partial charge < -0.3 is 34.3 Å². The number of esters is 2. The Morgan fingerprint density at radius 3 is 2.55 bits per heavy atom. The van der Waals surface area contributed by atoms with Crippen LogP contribution < -0.4 is 9.64 Å². The Labute approximate surface area is 310 Å². The van der Waals surface area contributed by atoms with Gasteiger partial charge in [0.05, 0.1) is 33.0 Å². The summed E-state index contributed by atoms with van der Waals surface area (Å²) in [6.45, 7) is 5.76. The first kappa shape index (κ1) is 34.8. The Morgan fingerprint density at radius 2 is 1.79 bits per heavy atom. The van der Waals surface area contributed by atoms with Gasteiger partial charge in [-0.1, -0.05) is 37.3 Å². The van der Waals surface area contributed by atoms with Crippen LogP contribution in [-0.4, -0.2) is 121 Å². The minimum absolute atomic E-state index is 0.0364. The van der Waals surface area contributed by atoms with Crippen molar-refractivity contribution in [2.45, 2.75) is 79.6 Å². The standard InChI is InChI=1S/C42H52N4O7/c1-6-39(49)20-25-21-41(37(47)52-4,34-28(13-16-45(23-25)24-39)27-11-7-8-12-31(27)43-34)30-18-29-32(19-33(30)51-3)44(2)36-40(29)14-17-46-15-9-10-26(35(40)46)22-42(36,50)38(48)53-5/h7-12,18-19,25-26,35-36,43,49-50H,6,13-17,20-24H2,1-5H3/t25-,26-,35-,36+,39+,40+,41-,42+/m0/s1. The van der Waals surface area contributed by atoms with E-state index in [1.807, 2.05) is 32.2 Å². The number of carbonyl (C=O) groups excluding carboxylic acids is 2. The zero-order valence-corrected chi connectivity index (χ0v) is 31.5. The Morgan fingerprint density at radius 1 is 1.00 bits per heavy atom. The fourth-order valence-electron chi connectivity index (χ4n) is 12.4. The van der Waals surface area contributed by atoms with Crippen molar-refractivity contribution in [3.8, 4) is 5.75 Å². The van der Waals surface area contributed by atoms with Gasteiger partial charge >= 0.3 is 11.9 Å². The molecular weight excluding hydrogens is 672 g/mol. The van der Waals surface area contributed by atoms with E-state index in [2.05, 4.69) is 50.0 Å². The van der Waals surface area contributed by atoms with Gasteiger partial charge in [0.15, 0.2) is 5.60 Å². The van der Waals surface area contributed by atoms with Gasteiger partial charge in [-0.25, -0.2) is 4.79 Å². The number of ether oxygens (including phenoxy) is 3. The fourth-order valence-corrected chi connectivity index (χ4v) is 12.4. The predicted octanol–water partition coefficient (Wildman–Crippen LogP) is 3.67. The normalized spacial score (nSPS) is 37.1. The molecule has 1 saturated carbocycles. The number of aromatic amines is 1. The highest BCUT2D eigenvalue weighted by Gasteiger charge is 2.72. The third-order valence-corrected chi connectivity index (χ3v) is 14.3. The minimum atomic E-state index is -1.77. The smallest absolute Gasteiger partial charge is 0.340 e. The molecule has 0 radical (unpaired) electrons. The molecule has 53 heavy (non-hydrogen) atoms. The molecule has 1 aliphatic carbocycles. The van der Waals surface area contributed by atoms with Crippen molar-refractivity contribution in [3.63, 3.8) is 0 Å². The Kier molecular flexibility index (Phi) is 7.92. The minimum Gasteiger partial charge on any atom is -0.496 e. The van der Waals surface area contributed by atoms with E-state index in [1.54, 1.807) is 7.11 Å². The Bertz CT molecular complexity index is 2030. The van der Waals surface area contributed by atoms with Gasteiger partial charge in [-0.05, 0) is 80.2 Å². The molecule has 2 saturated heterocycles. The summed E-state index contributed by atoms with van der Waals surface area (Å²) in [5.74, 6) is -0.583. The number of aliphatic hydroxyl groups is 2. The molecular formula is C42H52N4O7. The van der Waals surface area contributed by atoms with Gasteiger partial charge in [-0.2, -0.15) is 0 Å². The molecule has 1 spiro atoms. The van der Waals surface area contributed by atoms with Crippen LogP contribution in [0.15, 0.2) is 48.6 Å². The van der Waals surface area contributed by atoms with Gasteiger partial charge in [0.1, 0.15) is 11.2 Å². The molecule has 2 aromatic carbocycles. The number of H-pyrrole nitrogens is 1. The summed E-state index contributed by atoms with van der Waals surface area (Å²) in [6.07, 6.45) is 7.58. The second kappa shape index (κ2) is 12.1. The second-order valence-electron chi connectivity index (χ2n) is 16.8. The van der Waals surface area contributed by atoms with E-state index in [4.69, 9.17) is 14.2 Å². The number of para-hydroxylation sites is 1. The van der Waals surface area contributed by atoms with Crippen LogP contribution in [0.1, 0.15) is 61.4 Å². The zero-order chi connectivity index (χ0) is 37.1. The number of methoxy groups -OCH3 is 3. The summed E-state index contributed by atoms with van der Waals surface area (Å²) < 4.78 is 17.6. The number of aromatic nitrogens is 1. The molecule has 6 heterocycles. The van der Waals surface area contributed by atoms with Crippen LogP contribution in [0.3, 0.4) is 0 Å². The maximum absolute atomic E-state index is 15.1. The number of nitrogens with one attached hydrogen (secondary N) is 1. The molecule has 282 valence electrons.